The summed E-state index contributed by atoms with van der Waals surface area (Å²) in [6.07, 6.45) is 3.96. The topological polar surface area (TPSA) is 102 Å². The van der Waals surface area contributed by atoms with Crippen LogP contribution in [0.2, 0.25) is 0 Å². The Bertz CT molecular complexity index is 1240. The molecule has 0 radical (unpaired) electrons. The van der Waals surface area contributed by atoms with Crippen LogP contribution in [0, 0.1) is 5.92 Å². The van der Waals surface area contributed by atoms with Gasteiger partial charge in [0.2, 0.25) is 0 Å². The second kappa shape index (κ2) is 11.6. The molecule has 4 rings (SSSR count). The van der Waals surface area contributed by atoms with E-state index in [1.165, 1.54) is 0 Å². The summed E-state index contributed by atoms with van der Waals surface area (Å²) in [6, 6.07) is 9.34. The molecule has 1 aromatic carbocycles. The molecule has 3 aromatic rings. The molecule has 1 saturated carbocycles. The van der Waals surface area contributed by atoms with Crippen LogP contribution in [0.15, 0.2) is 60.1 Å². The first-order valence-electron chi connectivity index (χ1n) is 12.3. The Hall–Kier alpha value is -3.60. The lowest BCUT2D eigenvalue weighted by molar-refractivity contribution is -0.134. The fourth-order valence-corrected chi connectivity index (χ4v) is 4.53. The summed E-state index contributed by atoms with van der Waals surface area (Å²) in [5, 5.41) is 6.10. The van der Waals surface area contributed by atoms with Gasteiger partial charge in [-0.15, -0.1) is 0 Å². The average Bonchev–Trinajstić information content (AvgIpc) is 3.21. The summed E-state index contributed by atoms with van der Waals surface area (Å²) >= 11 is 0. The molecule has 0 bridgehead atoms. The largest absolute Gasteiger partial charge is 0.490 e. The van der Waals surface area contributed by atoms with Crippen molar-refractivity contribution in [1.29, 1.82) is 0 Å². The number of benzene rings is 1. The predicted octanol–water partition coefficient (Wildman–Crippen LogP) is 5.06. The van der Waals surface area contributed by atoms with E-state index in [2.05, 4.69) is 25.6 Å². The molecule has 0 amide bonds. The maximum Gasteiger partial charge on any atom is 0.390 e. The highest BCUT2D eigenvalue weighted by atomic mass is 19.4. The Morgan fingerprint density at radius 2 is 2.11 bits per heavy atom. The Morgan fingerprint density at radius 1 is 1.27 bits per heavy atom. The van der Waals surface area contributed by atoms with Crippen molar-refractivity contribution in [3.05, 3.63) is 55.1 Å². The van der Waals surface area contributed by atoms with E-state index in [-0.39, 0.29) is 30.4 Å². The quantitative estimate of drug-likeness (QED) is 0.272. The Balaban J connectivity index is 1.43. The minimum atomic E-state index is -4.14. The van der Waals surface area contributed by atoms with E-state index in [1.807, 2.05) is 48.9 Å². The third kappa shape index (κ3) is 7.45. The van der Waals surface area contributed by atoms with E-state index in [0.29, 0.717) is 22.8 Å². The van der Waals surface area contributed by atoms with Gasteiger partial charge in [0.15, 0.2) is 0 Å². The molecule has 198 valence electrons. The van der Waals surface area contributed by atoms with Crippen molar-refractivity contribution in [3.8, 4) is 5.75 Å². The van der Waals surface area contributed by atoms with Gasteiger partial charge in [-0.25, -0.2) is 15.0 Å². The first-order valence-corrected chi connectivity index (χ1v) is 12.3. The number of nitrogens with one attached hydrogen (secondary N) is 2. The zero-order chi connectivity index (χ0) is 26.4. The number of aliphatic imine (C=N–C) groups is 1. The van der Waals surface area contributed by atoms with Gasteiger partial charge < -0.3 is 25.7 Å². The minimum Gasteiger partial charge on any atom is -0.490 e. The Kier molecular flexibility index (Phi) is 8.32. The molecule has 8 nitrogen and oxygen atoms in total. The number of imidazole rings is 1. The van der Waals surface area contributed by atoms with Gasteiger partial charge in [-0.05, 0) is 43.4 Å². The van der Waals surface area contributed by atoms with E-state index in [0.717, 1.165) is 24.8 Å². The van der Waals surface area contributed by atoms with Gasteiger partial charge in [-0.1, -0.05) is 13.0 Å². The molecule has 3 atom stereocenters. The third-order valence-corrected chi connectivity index (χ3v) is 6.42. The Morgan fingerprint density at radius 3 is 2.84 bits per heavy atom. The highest BCUT2D eigenvalue weighted by molar-refractivity contribution is 5.97. The number of amidine groups is 1. The monoisotopic (exact) mass is 515 g/mol. The van der Waals surface area contributed by atoms with E-state index in [9.17, 15) is 13.2 Å². The lowest BCUT2D eigenvalue weighted by Crippen LogP contribution is -2.43. The molecule has 1 fully saturated rings. The number of aryl methyl sites for hydroxylation is 1. The molecule has 1 aliphatic carbocycles. The summed E-state index contributed by atoms with van der Waals surface area (Å²) in [6.45, 7) is 1.99. The summed E-state index contributed by atoms with van der Waals surface area (Å²) in [7, 11) is 1.90. The number of nitrogens with two attached hydrogens (primary N) is 1. The maximum absolute atomic E-state index is 12.5. The Labute approximate surface area is 213 Å². The summed E-state index contributed by atoms with van der Waals surface area (Å²) in [4.78, 5) is 13.2. The lowest BCUT2D eigenvalue weighted by atomic mass is 9.84. The smallest absolute Gasteiger partial charge is 0.390 e. The molecular weight excluding hydrogens is 483 g/mol. The third-order valence-electron chi connectivity index (χ3n) is 6.42. The van der Waals surface area contributed by atoms with Crippen molar-refractivity contribution in [2.24, 2.45) is 23.7 Å². The molecular formula is C26H32F3N7O. The summed E-state index contributed by atoms with van der Waals surface area (Å²) in [5.74, 6) is 1.82. The molecule has 0 saturated heterocycles. The number of rotatable bonds is 9. The van der Waals surface area contributed by atoms with Crippen molar-refractivity contribution in [1.82, 2.24) is 19.9 Å². The van der Waals surface area contributed by atoms with Gasteiger partial charge in [0, 0.05) is 44.2 Å². The van der Waals surface area contributed by atoms with E-state index >= 15 is 0 Å². The van der Waals surface area contributed by atoms with Gasteiger partial charge in [0.25, 0.3) is 0 Å². The van der Waals surface area contributed by atoms with Crippen LogP contribution in [0.5, 0.6) is 5.75 Å². The number of aromatic nitrogens is 3. The van der Waals surface area contributed by atoms with E-state index in [4.69, 9.17) is 10.5 Å². The van der Waals surface area contributed by atoms with E-state index < -0.39 is 12.6 Å². The number of anilines is 1. The van der Waals surface area contributed by atoms with Crippen molar-refractivity contribution in [2.75, 3.05) is 11.9 Å². The van der Waals surface area contributed by atoms with Crippen LogP contribution in [0.1, 0.15) is 32.6 Å². The first-order chi connectivity index (χ1) is 17.7. The SMILES string of the molecule is C[C@@H]1CC(Oc2cc(N=C(N)/C=C\Nc3ccccn3)c3ncn(C)c3c2)CC[C@H]1NCCC(F)(F)F. The lowest BCUT2D eigenvalue weighted by Gasteiger charge is -2.35. The molecule has 1 aliphatic rings. The maximum atomic E-state index is 12.5. The van der Waals surface area contributed by atoms with Gasteiger partial charge in [0.1, 0.15) is 22.9 Å². The van der Waals surface area contributed by atoms with Crippen LogP contribution >= 0.6 is 0 Å². The normalized spacial score (nSPS) is 21.0. The molecule has 0 spiro atoms. The van der Waals surface area contributed by atoms with Crippen LogP contribution in [0.3, 0.4) is 0 Å². The molecule has 4 N–H and O–H groups in total. The number of nitrogens with zero attached hydrogens (tertiary/aromatic N) is 4. The fourth-order valence-electron chi connectivity index (χ4n) is 4.53. The second-order valence-electron chi connectivity index (χ2n) is 9.35. The van der Waals surface area contributed by atoms with Crippen molar-refractivity contribution in [3.63, 3.8) is 0 Å². The van der Waals surface area contributed by atoms with Gasteiger partial charge >= 0.3 is 6.18 Å². The number of pyridine rings is 1. The molecule has 1 unspecified atom stereocenters. The number of alkyl halides is 3. The molecule has 2 heterocycles. The number of fused-ring (bicyclic) bond motifs is 1. The van der Waals surface area contributed by atoms with Crippen molar-refractivity contribution in [2.45, 2.75) is 50.9 Å². The highest BCUT2D eigenvalue weighted by Gasteiger charge is 2.31. The van der Waals surface area contributed by atoms with Gasteiger partial charge in [-0.2, -0.15) is 13.2 Å². The van der Waals surface area contributed by atoms with Crippen LogP contribution < -0.4 is 21.1 Å². The number of hydrogen-bond donors (Lipinski definition) is 3. The summed E-state index contributed by atoms with van der Waals surface area (Å²) < 4.78 is 45.7. The minimum absolute atomic E-state index is 0.0435. The zero-order valence-electron chi connectivity index (χ0n) is 20.9. The van der Waals surface area contributed by atoms with Crippen LogP contribution in [-0.4, -0.2) is 45.2 Å². The number of ether oxygens (including phenoxy) is 1. The molecule has 37 heavy (non-hydrogen) atoms. The predicted molar refractivity (Wildman–Crippen MR) is 139 cm³/mol. The van der Waals surface area contributed by atoms with Crippen LogP contribution in [0.4, 0.5) is 24.7 Å². The number of halogens is 3. The van der Waals surface area contributed by atoms with Crippen LogP contribution in [0.25, 0.3) is 11.0 Å². The second-order valence-corrected chi connectivity index (χ2v) is 9.35. The van der Waals surface area contributed by atoms with E-state index in [1.54, 1.807) is 24.8 Å². The van der Waals surface area contributed by atoms with Crippen molar-refractivity contribution < 1.29 is 17.9 Å². The standard InChI is InChI=1S/C26H32F3N7O/c1-17-13-18(6-7-20(17)31-12-9-26(27,28)29)37-19-14-21(25-22(15-19)36(2)16-34-25)35-23(30)8-11-33-24-5-3-4-10-32-24/h3-5,8,10-11,14-18,20,31H,6-7,9,12-13H2,1-2H3,(H2,30,35)(H,32,33)/b11-8-/t17-,18?,20-/m1/s1. The molecule has 0 aliphatic heterocycles. The molecule has 2 aromatic heterocycles. The highest BCUT2D eigenvalue weighted by Crippen LogP contribution is 2.34. The van der Waals surface area contributed by atoms with Gasteiger partial charge in [0.05, 0.1) is 30.1 Å². The summed E-state index contributed by atoms with van der Waals surface area (Å²) in [5.41, 5.74) is 8.30. The zero-order valence-corrected chi connectivity index (χ0v) is 20.9. The number of hydrogen-bond acceptors (Lipinski definition) is 6. The fraction of sp³-hybridized carbons (Fsp3) is 0.423. The first kappa shape index (κ1) is 26.5. The van der Waals surface area contributed by atoms with Crippen LogP contribution in [-0.2, 0) is 7.05 Å². The molecule has 11 heteroatoms. The average molecular weight is 516 g/mol. The van der Waals surface area contributed by atoms with Gasteiger partial charge in [-0.3, -0.25) is 0 Å². The van der Waals surface area contributed by atoms with Crippen molar-refractivity contribution >= 4 is 28.4 Å².